The summed E-state index contributed by atoms with van der Waals surface area (Å²) in [4.78, 5) is 9.65. The van der Waals surface area contributed by atoms with Crippen LogP contribution in [0.2, 0.25) is 0 Å². The van der Waals surface area contributed by atoms with Gasteiger partial charge in [0.1, 0.15) is 10.6 Å². The molecule has 0 bridgehead atoms. The third-order valence-corrected chi connectivity index (χ3v) is 4.06. The first kappa shape index (κ1) is 14.5. The third kappa shape index (κ3) is 2.80. The van der Waals surface area contributed by atoms with Crippen molar-refractivity contribution in [3.8, 4) is 27.9 Å². The van der Waals surface area contributed by atoms with Crippen molar-refractivity contribution in [2.75, 3.05) is 12.8 Å². The van der Waals surface area contributed by atoms with Gasteiger partial charge in [-0.05, 0) is 18.6 Å². The van der Waals surface area contributed by atoms with Gasteiger partial charge in [-0.15, -0.1) is 0 Å². The molecule has 7 heteroatoms. The smallest absolute Gasteiger partial charge is 0.270 e. The lowest BCUT2D eigenvalue weighted by molar-refractivity contribution is 0.414. The summed E-state index contributed by atoms with van der Waals surface area (Å²) in [7, 11) is 1.62. The van der Waals surface area contributed by atoms with E-state index < -0.39 is 0 Å². The number of hydrogen-bond donors (Lipinski definition) is 1. The number of ether oxygens (including phenoxy) is 1. The molecular weight excluding hydrogens is 300 g/mol. The molecule has 0 atom stereocenters. The zero-order valence-corrected chi connectivity index (χ0v) is 13.2. The highest BCUT2D eigenvalue weighted by Gasteiger charge is 2.18. The molecular formula is C15H16N4O2S. The van der Waals surface area contributed by atoms with Crippen molar-refractivity contribution < 1.29 is 9.26 Å². The Hall–Kier alpha value is -2.41. The Bertz CT molecular complexity index is 781. The molecule has 0 amide bonds. The monoisotopic (exact) mass is 316 g/mol. The number of aryl methyl sites for hydroxylation is 1. The fraction of sp³-hybridized carbons (Fsp3) is 0.267. The summed E-state index contributed by atoms with van der Waals surface area (Å²) in [6.45, 7) is 2.09. The summed E-state index contributed by atoms with van der Waals surface area (Å²) in [5, 5.41) is 4.56. The van der Waals surface area contributed by atoms with Gasteiger partial charge in [-0.25, -0.2) is 4.98 Å². The predicted octanol–water partition coefficient (Wildman–Crippen LogP) is 3.40. The molecule has 1 aromatic carbocycles. The number of anilines is 1. The van der Waals surface area contributed by atoms with Crippen molar-refractivity contribution in [1.29, 1.82) is 0 Å². The number of aromatic nitrogens is 3. The zero-order chi connectivity index (χ0) is 15.5. The fourth-order valence-corrected chi connectivity index (χ4v) is 2.94. The van der Waals surface area contributed by atoms with E-state index in [1.54, 1.807) is 7.11 Å². The Labute approximate surface area is 132 Å². The highest BCUT2D eigenvalue weighted by Crippen LogP contribution is 2.33. The maximum Gasteiger partial charge on any atom is 0.270 e. The van der Waals surface area contributed by atoms with Crippen LogP contribution in [-0.2, 0) is 6.42 Å². The largest absolute Gasteiger partial charge is 0.497 e. The second-order valence-electron chi connectivity index (χ2n) is 4.73. The minimum absolute atomic E-state index is 0.454. The van der Waals surface area contributed by atoms with Gasteiger partial charge in [-0.3, -0.25) is 0 Å². The van der Waals surface area contributed by atoms with Gasteiger partial charge in [0.2, 0.25) is 5.82 Å². The maximum absolute atomic E-state index is 5.80. The van der Waals surface area contributed by atoms with Crippen LogP contribution in [0.1, 0.15) is 19.0 Å². The molecule has 22 heavy (non-hydrogen) atoms. The van der Waals surface area contributed by atoms with Gasteiger partial charge < -0.3 is 15.0 Å². The molecule has 2 aromatic heterocycles. The summed E-state index contributed by atoms with van der Waals surface area (Å²) < 4.78 is 10.6. The van der Waals surface area contributed by atoms with Crippen LogP contribution in [0, 0.1) is 0 Å². The Morgan fingerprint density at radius 1 is 1.32 bits per heavy atom. The van der Waals surface area contributed by atoms with E-state index in [1.807, 2.05) is 24.3 Å². The van der Waals surface area contributed by atoms with Crippen LogP contribution in [0.25, 0.3) is 22.2 Å². The summed E-state index contributed by atoms with van der Waals surface area (Å²) in [6.07, 6.45) is 1.81. The molecule has 0 fully saturated rings. The lowest BCUT2D eigenvalue weighted by atomic mass is 10.2. The van der Waals surface area contributed by atoms with Crippen LogP contribution in [0.5, 0.6) is 5.75 Å². The average molecular weight is 316 g/mol. The number of hydrogen-bond acceptors (Lipinski definition) is 7. The van der Waals surface area contributed by atoms with Gasteiger partial charge in [0.25, 0.3) is 5.89 Å². The van der Waals surface area contributed by atoms with E-state index in [0.717, 1.165) is 34.7 Å². The zero-order valence-electron chi connectivity index (χ0n) is 12.4. The van der Waals surface area contributed by atoms with Crippen LogP contribution < -0.4 is 10.5 Å². The number of nitrogens with zero attached hydrogens (tertiary/aromatic N) is 3. The van der Waals surface area contributed by atoms with E-state index in [9.17, 15) is 0 Å². The number of methoxy groups -OCH3 is 1. The Kier molecular flexibility index (Phi) is 4.06. The molecule has 0 radical (unpaired) electrons. The van der Waals surface area contributed by atoms with Crippen molar-refractivity contribution >= 4 is 16.5 Å². The van der Waals surface area contributed by atoms with E-state index in [1.165, 1.54) is 11.3 Å². The summed E-state index contributed by atoms with van der Waals surface area (Å²) >= 11 is 1.37. The van der Waals surface area contributed by atoms with E-state index in [-0.39, 0.29) is 0 Å². The molecule has 114 valence electrons. The number of nitrogens with two attached hydrogens (primary N) is 1. The van der Waals surface area contributed by atoms with Gasteiger partial charge >= 0.3 is 0 Å². The van der Waals surface area contributed by atoms with Gasteiger partial charge in [-0.2, -0.15) is 4.98 Å². The second-order valence-corrected chi connectivity index (χ2v) is 5.76. The van der Waals surface area contributed by atoms with Crippen LogP contribution in [-0.4, -0.2) is 22.2 Å². The lowest BCUT2D eigenvalue weighted by Gasteiger charge is -1.99. The number of rotatable bonds is 5. The normalized spacial score (nSPS) is 10.8. The Morgan fingerprint density at radius 3 is 2.95 bits per heavy atom. The minimum Gasteiger partial charge on any atom is -0.497 e. The molecule has 0 saturated carbocycles. The van der Waals surface area contributed by atoms with E-state index in [0.29, 0.717) is 16.8 Å². The quantitative estimate of drug-likeness (QED) is 0.776. The van der Waals surface area contributed by atoms with Crippen LogP contribution >= 0.6 is 11.3 Å². The van der Waals surface area contributed by atoms with Crippen molar-refractivity contribution in [3.05, 3.63) is 30.0 Å². The molecule has 6 nitrogen and oxygen atoms in total. The lowest BCUT2D eigenvalue weighted by Crippen LogP contribution is -1.89. The van der Waals surface area contributed by atoms with Crippen molar-refractivity contribution in [1.82, 2.24) is 15.1 Å². The van der Waals surface area contributed by atoms with E-state index >= 15 is 0 Å². The van der Waals surface area contributed by atoms with Crippen molar-refractivity contribution in [2.24, 2.45) is 0 Å². The third-order valence-electron chi connectivity index (χ3n) is 3.15. The second kappa shape index (κ2) is 6.15. The predicted molar refractivity (Wildman–Crippen MR) is 85.8 cm³/mol. The SMILES string of the molecule is CCCc1nc(N)sc1-c1nc(-c2cccc(OC)c2)no1. The summed E-state index contributed by atoms with van der Waals surface area (Å²) in [5.74, 6) is 1.72. The van der Waals surface area contributed by atoms with Gasteiger partial charge in [0.15, 0.2) is 5.13 Å². The summed E-state index contributed by atoms with van der Waals surface area (Å²) in [5.41, 5.74) is 7.55. The molecule has 0 unspecified atom stereocenters. The van der Waals surface area contributed by atoms with E-state index in [4.69, 9.17) is 15.0 Å². The summed E-state index contributed by atoms with van der Waals surface area (Å²) in [6, 6.07) is 7.53. The first-order chi connectivity index (χ1) is 10.7. The molecule has 2 N–H and O–H groups in total. The Morgan fingerprint density at radius 2 is 2.18 bits per heavy atom. The first-order valence-electron chi connectivity index (χ1n) is 6.95. The van der Waals surface area contributed by atoms with Gasteiger partial charge in [-0.1, -0.05) is 42.0 Å². The number of thiazole rings is 1. The van der Waals surface area contributed by atoms with Crippen molar-refractivity contribution in [2.45, 2.75) is 19.8 Å². The van der Waals surface area contributed by atoms with Crippen LogP contribution in [0.15, 0.2) is 28.8 Å². The molecule has 2 heterocycles. The average Bonchev–Trinajstić information content (AvgIpc) is 3.14. The highest BCUT2D eigenvalue weighted by molar-refractivity contribution is 7.18. The molecule has 3 rings (SSSR count). The van der Waals surface area contributed by atoms with Gasteiger partial charge in [0.05, 0.1) is 12.8 Å². The standard InChI is InChI=1S/C15H16N4O2S/c1-3-5-11-12(22-15(16)17-11)14-18-13(19-21-14)9-6-4-7-10(8-9)20-2/h4,6-8H,3,5H2,1-2H3,(H2,16,17). The van der Waals surface area contributed by atoms with Crippen LogP contribution in [0.3, 0.4) is 0 Å². The molecule has 0 aliphatic rings. The first-order valence-corrected chi connectivity index (χ1v) is 7.76. The topological polar surface area (TPSA) is 87.1 Å². The van der Waals surface area contributed by atoms with E-state index in [2.05, 4.69) is 22.0 Å². The molecule has 0 spiro atoms. The maximum atomic E-state index is 5.80. The fourth-order valence-electron chi connectivity index (χ4n) is 2.14. The van der Waals surface area contributed by atoms with Crippen molar-refractivity contribution in [3.63, 3.8) is 0 Å². The molecule has 0 saturated heterocycles. The Balaban J connectivity index is 1.96. The number of benzene rings is 1. The minimum atomic E-state index is 0.454. The van der Waals surface area contributed by atoms with Crippen LogP contribution in [0.4, 0.5) is 5.13 Å². The number of nitrogen functional groups attached to an aromatic ring is 1. The van der Waals surface area contributed by atoms with Gasteiger partial charge in [0, 0.05) is 5.56 Å². The molecule has 0 aliphatic heterocycles. The molecule has 3 aromatic rings. The highest BCUT2D eigenvalue weighted by atomic mass is 32.1. The molecule has 0 aliphatic carbocycles.